The zero-order chi connectivity index (χ0) is 14.3. The molecule has 1 aromatic rings. The first-order chi connectivity index (χ1) is 9.12. The first kappa shape index (κ1) is 16.1. The summed E-state index contributed by atoms with van der Waals surface area (Å²) >= 11 is 1.84. The Morgan fingerprint density at radius 1 is 1.21 bits per heavy atom. The average Bonchev–Trinajstić information content (AvgIpc) is 2.36. The molecule has 0 aromatic carbocycles. The van der Waals surface area contributed by atoms with Crippen LogP contribution in [0.2, 0.25) is 0 Å². The Morgan fingerprint density at radius 3 is 2.47 bits per heavy atom. The Balaban J connectivity index is 2.99. The molecule has 5 heteroatoms. The van der Waals surface area contributed by atoms with E-state index in [4.69, 9.17) is 0 Å². The maximum atomic E-state index is 4.66. The minimum absolute atomic E-state index is 0.410. The van der Waals surface area contributed by atoms with Gasteiger partial charge in [0.25, 0.3) is 0 Å². The first-order valence-electron chi connectivity index (χ1n) is 6.99. The van der Waals surface area contributed by atoms with E-state index in [1.807, 2.05) is 11.8 Å². The van der Waals surface area contributed by atoms with Crippen molar-refractivity contribution in [3.8, 4) is 0 Å². The topological polar surface area (TPSA) is 49.8 Å². The molecule has 4 nitrogen and oxygen atoms in total. The van der Waals surface area contributed by atoms with E-state index >= 15 is 0 Å². The zero-order valence-corrected chi connectivity index (χ0v) is 13.5. The molecular weight excluding hydrogens is 256 g/mol. The van der Waals surface area contributed by atoms with Crippen LogP contribution in [0.15, 0.2) is 0 Å². The molecule has 0 aliphatic carbocycles. The molecule has 0 aliphatic heterocycles. The minimum Gasteiger partial charge on any atom is -0.370 e. The summed E-state index contributed by atoms with van der Waals surface area (Å²) in [4.78, 5) is 9.25. The number of hydrogen-bond donors (Lipinski definition) is 2. The fourth-order valence-electron chi connectivity index (χ4n) is 1.90. The Bertz CT molecular complexity index is 395. The number of anilines is 2. The number of nitrogens with one attached hydrogen (secondary N) is 2. The van der Waals surface area contributed by atoms with Gasteiger partial charge < -0.3 is 10.6 Å². The van der Waals surface area contributed by atoms with Crippen LogP contribution in [-0.2, 0) is 6.42 Å². The standard InChI is InChI=1S/C14H26N4S/c1-6-8-12-17-13(15-7-2)11(4)14(18-12)16-10(3)9-19-5/h10H,6-9H2,1-5H3,(H2,15,16,17,18). The van der Waals surface area contributed by atoms with Crippen LogP contribution in [0.5, 0.6) is 0 Å². The Kier molecular flexibility index (Phi) is 6.99. The highest BCUT2D eigenvalue weighted by Crippen LogP contribution is 2.21. The van der Waals surface area contributed by atoms with Crippen LogP contribution in [0.1, 0.15) is 38.6 Å². The van der Waals surface area contributed by atoms with Crippen molar-refractivity contribution in [1.29, 1.82) is 0 Å². The Hall–Kier alpha value is -0.970. The molecule has 1 atom stereocenters. The fourth-order valence-corrected chi connectivity index (χ4v) is 2.49. The second-order valence-electron chi connectivity index (χ2n) is 4.74. The number of nitrogens with zero attached hydrogens (tertiary/aromatic N) is 2. The van der Waals surface area contributed by atoms with E-state index in [0.717, 1.165) is 48.2 Å². The molecule has 0 bridgehead atoms. The van der Waals surface area contributed by atoms with Crippen LogP contribution >= 0.6 is 11.8 Å². The van der Waals surface area contributed by atoms with E-state index in [0.29, 0.717) is 6.04 Å². The predicted octanol–water partition coefficient (Wildman–Crippen LogP) is 3.33. The van der Waals surface area contributed by atoms with Crippen molar-refractivity contribution in [3.05, 3.63) is 11.4 Å². The van der Waals surface area contributed by atoms with Crippen LogP contribution in [0.4, 0.5) is 11.6 Å². The van der Waals surface area contributed by atoms with Gasteiger partial charge in [0.1, 0.15) is 17.5 Å². The molecular formula is C14H26N4S. The largest absolute Gasteiger partial charge is 0.370 e. The Labute approximate surface area is 121 Å². The highest BCUT2D eigenvalue weighted by Gasteiger charge is 2.12. The smallest absolute Gasteiger partial charge is 0.135 e. The van der Waals surface area contributed by atoms with Crippen molar-refractivity contribution in [2.24, 2.45) is 0 Å². The van der Waals surface area contributed by atoms with Crippen molar-refractivity contribution >= 4 is 23.4 Å². The lowest BCUT2D eigenvalue weighted by Crippen LogP contribution is -2.21. The van der Waals surface area contributed by atoms with Crippen LogP contribution in [0.3, 0.4) is 0 Å². The third-order valence-corrected chi connectivity index (χ3v) is 3.64. The molecule has 1 heterocycles. The maximum absolute atomic E-state index is 4.66. The summed E-state index contributed by atoms with van der Waals surface area (Å²) in [6.45, 7) is 9.37. The molecule has 0 fully saturated rings. The van der Waals surface area contributed by atoms with Crippen molar-refractivity contribution in [1.82, 2.24) is 9.97 Å². The molecule has 108 valence electrons. The van der Waals surface area contributed by atoms with E-state index in [2.05, 4.69) is 54.6 Å². The molecule has 1 unspecified atom stereocenters. The predicted molar refractivity (Wildman–Crippen MR) is 86.4 cm³/mol. The van der Waals surface area contributed by atoms with Gasteiger partial charge in [0.2, 0.25) is 0 Å². The van der Waals surface area contributed by atoms with Gasteiger partial charge in [0, 0.05) is 30.3 Å². The van der Waals surface area contributed by atoms with Gasteiger partial charge in [0.05, 0.1) is 0 Å². The number of aromatic nitrogens is 2. The normalized spacial score (nSPS) is 12.3. The molecule has 2 N–H and O–H groups in total. The van der Waals surface area contributed by atoms with Gasteiger partial charge in [-0.15, -0.1) is 0 Å². The summed E-state index contributed by atoms with van der Waals surface area (Å²) in [6.07, 6.45) is 4.11. The van der Waals surface area contributed by atoms with Gasteiger partial charge in [-0.05, 0) is 33.4 Å². The SMILES string of the molecule is CCCc1nc(NCC)c(C)c(NC(C)CSC)n1. The van der Waals surface area contributed by atoms with Gasteiger partial charge >= 0.3 is 0 Å². The quantitative estimate of drug-likeness (QED) is 0.766. The number of aryl methyl sites for hydroxylation is 1. The van der Waals surface area contributed by atoms with Gasteiger partial charge in [0.15, 0.2) is 0 Å². The van der Waals surface area contributed by atoms with Crippen molar-refractivity contribution in [3.63, 3.8) is 0 Å². The molecule has 0 saturated carbocycles. The molecule has 0 radical (unpaired) electrons. The summed E-state index contributed by atoms with van der Waals surface area (Å²) in [5.41, 5.74) is 1.11. The fraction of sp³-hybridized carbons (Fsp3) is 0.714. The number of thioether (sulfide) groups is 1. The number of hydrogen-bond acceptors (Lipinski definition) is 5. The third-order valence-electron chi connectivity index (χ3n) is 2.81. The van der Waals surface area contributed by atoms with E-state index in [9.17, 15) is 0 Å². The van der Waals surface area contributed by atoms with Crippen molar-refractivity contribution in [2.75, 3.05) is 29.2 Å². The van der Waals surface area contributed by atoms with Crippen LogP contribution in [-0.4, -0.2) is 34.6 Å². The van der Waals surface area contributed by atoms with Crippen LogP contribution < -0.4 is 10.6 Å². The van der Waals surface area contributed by atoms with Gasteiger partial charge in [-0.25, -0.2) is 9.97 Å². The van der Waals surface area contributed by atoms with E-state index in [1.165, 1.54) is 0 Å². The molecule has 1 rings (SSSR count). The molecule has 19 heavy (non-hydrogen) atoms. The number of rotatable bonds is 8. The van der Waals surface area contributed by atoms with Crippen LogP contribution in [0.25, 0.3) is 0 Å². The first-order valence-corrected chi connectivity index (χ1v) is 8.38. The summed E-state index contributed by atoms with van der Waals surface area (Å²) in [6, 6.07) is 0.410. The maximum Gasteiger partial charge on any atom is 0.135 e. The lowest BCUT2D eigenvalue weighted by Gasteiger charge is -2.18. The van der Waals surface area contributed by atoms with E-state index in [-0.39, 0.29) is 0 Å². The summed E-state index contributed by atoms with van der Waals surface area (Å²) in [5, 5.41) is 6.82. The summed E-state index contributed by atoms with van der Waals surface area (Å²) in [5.74, 6) is 3.92. The second-order valence-corrected chi connectivity index (χ2v) is 5.65. The van der Waals surface area contributed by atoms with Crippen molar-refractivity contribution in [2.45, 2.75) is 46.6 Å². The van der Waals surface area contributed by atoms with E-state index in [1.54, 1.807) is 0 Å². The molecule has 0 saturated heterocycles. The summed E-state index contributed by atoms with van der Waals surface area (Å²) < 4.78 is 0. The molecule has 0 spiro atoms. The third kappa shape index (κ3) is 4.90. The lowest BCUT2D eigenvalue weighted by molar-refractivity contribution is 0.820. The molecule has 0 aliphatic rings. The zero-order valence-electron chi connectivity index (χ0n) is 12.7. The molecule has 1 aromatic heterocycles. The van der Waals surface area contributed by atoms with Gasteiger partial charge in [-0.2, -0.15) is 11.8 Å². The van der Waals surface area contributed by atoms with Crippen molar-refractivity contribution < 1.29 is 0 Å². The summed E-state index contributed by atoms with van der Waals surface area (Å²) in [7, 11) is 0. The Morgan fingerprint density at radius 2 is 1.89 bits per heavy atom. The van der Waals surface area contributed by atoms with Crippen LogP contribution in [0, 0.1) is 6.92 Å². The lowest BCUT2D eigenvalue weighted by atomic mass is 10.2. The molecule has 0 amide bonds. The highest BCUT2D eigenvalue weighted by molar-refractivity contribution is 7.98. The van der Waals surface area contributed by atoms with Gasteiger partial charge in [-0.3, -0.25) is 0 Å². The van der Waals surface area contributed by atoms with E-state index < -0.39 is 0 Å². The monoisotopic (exact) mass is 282 g/mol. The second kappa shape index (κ2) is 8.25. The highest BCUT2D eigenvalue weighted by atomic mass is 32.2. The minimum atomic E-state index is 0.410. The van der Waals surface area contributed by atoms with Gasteiger partial charge in [-0.1, -0.05) is 6.92 Å². The average molecular weight is 282 g/mol.